The number of halogens is 1. The Hall–Kier alpha value is -1.04. The van der Waals surface area contributed by atoms with Crippen molar-refractivity contribution in [2.45, 2.75) is 4.90 Å². The molecule has 0 amide bonds. The molecular formula is C8H7ClN2O2S. The SMILES string of the molecule is NS(=O)(=O)c1c[nH]c2c(Cl)cccc12. The maximum atomic E-state index is 11.1. The van der Waals surface area contributed by atoms with Crippen molar-refractivity contribution in [1.29, 1.82) is 0 Å². The van der Waals surface area contributed by atoms with Crippen molar-refractivity contribution in [2.75, 3.05) is 0 Å². The molecule has 0 spiro atoms. The van der Waals surface area contributed by atoms with E-state index in [0.29, 0.717) is 15.9 Å². The van der Waals surface area contributed by atoms with Crippen LogP contribution in [0.4, 0.5) is 0 Å². The molecule has 2 aromatic rings. The van der Waals surface area contributed by atoms with Crippen LogP contribution >= 0.6 is 11.6 Å². The Balaban J connectivity index is 2.90. The molecule has 0 bridgehead atoms. The van der Waals surface area contributed by atoms with Crippen LogP contribution in [-0.4, -0.2) is 13.4 Å². The van der Waals surface area contributed by atoms with Gasteiger partial charge in [-0.15, -0.1) is 0 Å². The van der Waals surface area contributed by atoms with Crippen molar-refractivity contribution in [2.24, 2.45) is 5.14 Å². The summed E-state index contributed by atoms with van der Waals surface area (Å²) in [5.41, 5.74) is 0.582. The lowest BCUT2D eigenvalue weighted by molar-refractivity contribution is 0.598. The number of primary sulfonamides is 1. The molecular weight excluding hydrogens is 224 g/mol. The molecule has 1 aromatic carbocycles. The van der Waals surface area contributed by atoms with Crippen LogP contribution in [0.15, 0.2) is 29.3 Å². The van der Waals surface area contributed by atoms with E-state index in [2.05, 4.69) is 4.98 Å². The van der Waals surface area contributed by atoms with Crippen LogP contribution in [0.2, 0.25) is 5.02 Å². The minimum absolute atomic E-state index is 0.0648. The van der Waals surface area contributed by atoms with Gasteiger partial charge >= 0.3 is 0 Å². The van der Waals surface area contributed by atoms with E-state index >= 15 is 0 Å². The summed E-state index contributed by atoms with van der Waals surface area (Å²) in [6, 6.07) is 5.00. The van der Waals surface area contributed by atoms with Gasteiger partial charge in [0.05, 0.1) is 10.5 Å². The summed E-state index contributed by atoms with van der Waals surface area (Å²) in [6.45, 7) is 0. The largest absolute Gasteiger partial charge is 0.359 e. The van der Waals surface area contributed by atoms with E-state index in [9.17, 15) is 8.42 Å². The maximum Gasteiger partial charge on any atom is 0.240 e. The van der Waals surface area contributed by atoms with Gasteiger partial charge in [0.1, 0.15) is 4.90 Å². The lowest BCUT2D eigenvalue weighted by Gasteiger charge is -1.95. The molecule has 1 aromatic heterocycles. The standard InChI is InChI=1S/C8H7ClN2O2S/c9-6-3-1-2-5-7(14(10,12)13)4-11-8(5)6/h1-4,11H,(H2,10,12,13). The fourth-order valence-electron chi connectivity index (χ4n) is 1.33. The van der Waals surface area contributed by atoms with Crippen LogP contribution in [0.1, 0.15) is 0 Å². The number of aromatic amines is 1. The second kappa shape index (κ2) is 2.98. The summed E-state index contributed by atoms with van der Waals surface area (Å²) < 4.78 is 22.3. The van der Waals surface area contributed by atoms with Crippen LogP contribution in [0, 0.1) is 0 Å². The zero-order chi connectivity index (χ0) is 10.3. The number of sulfonamides is 1. The van der Waals surface area contributed by atoms with Crippen LogP contribution in [-0.2, 0) is 10.0 Å². The highest BCUT2D eigenvalue weighted by Crippen LogP contribution is 2.26. The van der Waals surface area contributed by atoms with Gasteiger partial charge in [-0.2, -0.15) is 0 Å². The van der Waals surface area contributed by atoms with Gasteiger partial charge in [-0.3, -0.25) is 0 Å². The number of fused-ring (bicyclic) bond motifs is 1. The lowest BCUT2D eigenvalue weighted by atomic mass is 10.2. The molecule has 0 saturated carbocycles. The predicted octanol–water partition coefficient (Wildman–Crippen LogP) is 1.47. The number of para-hydroxylation sites is 1. The Morgan fingerprint density at radius 3 is 2.71 bits per heavy atom. The molecule has 1 heterocycles. The fourth-order valence-corrected chi connectivity index (χ4v) is 2.26. The molecule has 0 aliphatic carbocycles. The summed E-state index contributed by atoms with van der Waals surface area (Å²) in [6.07, 6.45) is 1.34. The number of H-pyrrole nitrogens is 1. The van der Waals surface area contributed by atoms with Crippen LogP contribution in [0.25, 0.3) is 10.9 Å². The molecule has 2 rings (SSSR count). The molecule has 0 saturated heterocycles. The van der Waals surface area contributed by atoms with Gasteiger partial charge in [0.2, 0.25) is 10.0 Å². The third kappa shape index (κ3) is 1.39. The molecule has 0 atom stereocenters. The van der Waals surface area contributed by atoms with Crippen molar-refractivity contribution in [3.8, 4) is 0 Å². The fraction of sp³-hybridized carbons (Fsp3) is 0. The van der Waals surface area contributed by atoms with Gasteiger partial charge in [-0.25, -0.2) is 13.6 Å². The Kier molecular flexibility index (Phi) is 2.02. The Bertz CT molecular complexity index is 588. The maximum absolute atomic E-state index is 11.1. The van der Waals surface area contributed by atoms with E-state index < -0.39 is 10.0 Å². The number of nitrogens with one attached hydrogen (secondary N) is 1. The zero-order valence-corrected chi connectivity index (χ0v) is 8.56. The smallest absolute Gasteiger partial charge is 0.240 e. The molecule has 74 valence electrons. The number of aromatic nitrogens is 1. The molecule has 0 fully saturated rings. The van der Waals surface area contributed by atoms with Crippen molar-refractivity contribution < 1.29 is 8.42 Å². The highest BCUT2D eigenvalue weighted by Gasteiger charge is 2.14. The molecule has 0 unspecified atom stereocenters. The van der Waals surface area contributed by atoms with E-state index in [1.54, 1.807) is 18.2 Å². The average molecular weight is 231 g/mol. The second-order valence-corrected chi connectivity index (χ2v) is 4.80. The second-order valence-electron chi connectivity index (χ2n) is 2.86. The number of benzene rings is 1. The van der Waals surface area contributed by atoms with Crippen LogP contribution in [0.5, 0.6) is 0 Å². The quantitative estimate of drug-likeness (QED) is 0.778. The molecule has 6 heteroatoms. The van der Waals surface area contributed by atoms with Crippen LogP contribution in [0.3, 0.4) is 0 Å². The molecule has 3 N–H and O–H groups in total. The van der Waals surface area contributed by atoms with E-state index in [1.807, 2.05) is 0 Å². The summed E-state index contributed by atoms with van der Waals surface area (Å²) in [7, 11) is -3.69. The third-order valence-corrected chi connectivity index (χ3v) is 3.20. The zero-order valence-electron chi connectivity index (χ0n) is 6.99. The van der Waals surface area contributed by atoms with E-state index in [0.717, 1.165) is 0 Å². The number of rotatable bonds is 1. The highest BCUT2D eigenvalue weighted by atomic mass is 35.5. The Morgan fingerprint density at radius 1 is 1.36 bits per heavy atom. The molecule has 14 heavy (non-hydrogen) atoms. The first-order chi connectivity index (χ1) is 6.50. The number of hydrogen-bond acceptors (Lipinski definition) is 2. The Morgan fingerprint density at radius 2 is 2.07 bits per heavy atom. The van der Waals surface area contributed by atoms with Gasteiger partial charge in [-0.05, 0) is 6.07 Å². The normalized spacial score (nSPS) is 12.1. The predicted molar refractivity (Wildman–Crippen MR) is 54.7 cm³/mol. The average Bonchev–Trinajstić information content (AvgIpc) is 2.47. The van der Waals surface area contributed by atoms with Gasteiger partial charge in [0, 0.05) is 11.6 Å². The van der Waals surface area contributed by atoms with Crippen molar-refractivity contribution in [1.82, 2.24) is 4.98 Å². The first-order valence-electron chi connectivity index (χ1n) is 3.78. The first kappa shape index (κ1) is 9.51. The molecule has 0 aliphatic heterocycles. The number of nitrogens with two attached hydrogens (primary N) is 1. The van der Waals surface area contributed by atoms with Crippen molar-refractivity contribution in [3.63, 3.8) is 0 Å². The van der Waals surface area contributed by atoms with E-state index in [4.69, 9.17) is 16.7 Å². The highest BCUT2D eigenvalue weighted by molar-refractivity contribution is 7.89. The van der Waals surface area contributed by atoms with E-state index in [-0.39, 0.29) is 4.90 Å². The van der Waals surface area contributed by atoms with Gasteiger partial charge in [0.25, 0.3) is 0 Å². The van der Waals surface area contributed by atoms with Gasteiger partial charge in [0.15, 0.2) is 0 Å². The lowest BCUT2D eigenvalue weighted by Crippen LogP contribution is -2.11. The van der Waals surface area contributed by atoms with Crippen molar-refractivity contribution >= 4 is 32.5 Å². The summed E-state index contributed by atoms with van der Waals surface area (Å²) >= 11 is 5.85. The summed E-state index contributed by atoms with van der Waals surface area (Å²) in [4.78, 5) is 2.84. The molecule has 0 aliphatic rings. The Labute approximate surface area is 85.7 Å². The van der Waals surface area contributed by atoms with Gasteiger partial charge in [-0.1, -0.05) is 23.7 Å². The molecule has 4 nitrogen and oxygen atoms in total. The first-order valence-corrected chi connectivity index (χ1v) is 5.71. The number of hydrogen-bond donors (Lipinski definition) is 2. The van der Waals surface area contributed by atoms with Crippen LogP contribution < -0.4 is 5.14 Å². The monoisotopic (exact) mass is 230 g/mol. The topological polar surface area (TPSA) is 76.0 Å². The molecule has 0 radical (unpaired) electrons. The minimum atomic E-state index is -3.69. The van der Waals surface area contributed by atoms with Crippen molar-refractivity contribution in [3.05, 3.63) is 29.4 Å². The summed E-state index contributed by atoms with van der Waals surface area (Å²) in [5.74, 6) is 0. The van der Waals surface area contributed by atoms with E-state index in [1.165, 1.54) is 6.20 Å². The summed E-state index contributed by atoms with van der Waals surface area (Å²) in [5, 5.41) is 6.01. The minimum Gasteiger partial charge on any atom is -0.359 e. The van der Waals surface area contributed by atoms with Gasteiger partial charge < -0.3 is 4.98 Å². The third-order valence-electron chi connectivity index (χ3n) is 1.93.